The maximum Gasteiger partial charge on any atom is 0.263 e. The summed E-state index contributed by atoms with van der Waals surface area (Å²) in [6, 6.07) is 5.06. The summed E-state index contributed by atoms with van der Waals surface area (Å²) < 4.78 is 11.0. The number of likely N-dealkylation sites (N-methyl/N-ethyl adjacent to an activating group) is 1. The summed E-state index contributed by atoms with van der Waals surface area (Å²) in [6.45, 7) is 1.84. The van der Waals surface area contributed by atoms with Gasteiger partial charge in [-0.05, 0) is 44.7 Å². The molecule has 0 radical (unpaired) electrons. The highest BCUT2D eigenvalue weighted by molar-refractivity contribution is 5.85. The molecule has 2 aromatic rings. The van der Waals surface area contributed by atoms with Crippen LogP contribution in [0.1, 0.15) is 37.1 Å². The Kier molecular flexibility index (Phi) is 6.77. The average molecular weight is 402 g/mol. The molecule has 2 aliphatic rings. The molecule has 1 N–H and O–H groups in total. The van der Waals surface area contributed by atoms with E-state index in [9.17, 15) is 4.79 Å². The van der Waals surface area contributed by atoms with E-state index >= 15 is 0 Å². The lowest BCUT2D eigenvalue weighted by Gasteiger charge is -2.35. The van der Waals surface area contributed by atoms with Gasteiger partial charge in [0.1, 0.15) is 5.76 Å². The summed E-state index contributed by atoms with van der Waals surface area (Å²) in [5.74, 6) is 1.79. The van der Waals surface area contributed by atoms with Crippen molar-refractivity contribution in [1.29, 1.82) is 0 Å². The van der Waals surface area contributed by atoms with Crippen LogP contribution in [0.25, 0.3) is 11.7 Å². The van der Waals surface area contributed by atoms with Gasteiger partial charge in [-0.25, -0.2) is 4.98 Å². The molecule has 2 bridgehead atoms. The van der Waals surface area contributed by atoms with Crippen molar-refractivity contribution < 1.29 is 13.6 Å². The molecular formula is C18H25Cl2N3O3. The van der Waals surface area contributed by atoms with E-state index in [1.807, 2.05) is 18.9 Å². The molecule has 6 nitrogen and oxygen atoms in total. The number of nitrogens with zero attached hydrogens (tertiary/aromatic N) is 2. The third kappa shape index (κ3) is 4.08. The van der Waals surface area contributed by atoms with Crippen molar-refractivity contribution >= 4 is 30.7 Å². The second-order valence-corrected chi connectivity index (χ2v) is 6.94. The topological polar surface area (TPSA) is 71.5 Å². The number of amides is 1. The normalized spacial score (nSPS) is 23.8. The van der Waals surface area contributed by atoms with Gasteiger partial charge in [0.05, 0.1) is 18.4 Å². The standard InChI is InChI=1S/C18H23N3O3.2ClH/c1-11-15(20-18(24-11)16-4-3-7-23-16)10-17(22)21(2)14-8-12-5-6-13(9-14)19-12;;/h3-4,7,12-14,19H,5-6,8-10H2,1-2H3;2*1H. The summed E-state index contributed by atoms with van der Waals surface area (Å²) >= 11 is 0. The highest BCUT2D eigenvalue weighted by atomic mass is 35.5. The van der Waals surface area contributed by atoms with Crippen LogP contribution in [-0.2, 0) is 11.2 Å². The average Bonchev–Trinajstić information content (AvgIpc) is 3.28. The smallest absolute Gasteiger partial charge is 0.263 e. The first-order valence-corrected chi connectivity index (χ1v) is 8.62. The molecule has 0 aromatic carbocycles. The van der Waals surface area contributed by atoms with Gasteiger partial charge < -0.3 is 19.1 Å². The molecule has 4 heterocycles. The molecular weight excluding hydrogens is 377 g/mol. The van der Waals surface area contributed by atoms with Crippen molar-refractivity contribution in [3.8, 4) is 11.7 Å². The molecule has 2 saturated heterocycles. The van der Waals surface area contributed by atoms with Gasteiger partial charge in [0, 0.05) is 25.2 Å². The van der Waals surface area contributed by atoms with Gasteiger partial charge in [-0.2, -0.15) is 0 Å². The van der Waals surface area contributed by atoms with Crippen LogP contribution in [0, 0.1) is 6.92 Å². The second kappa shape index (κ2) is 8.46. The number of nitrogens with one attached hydrogen (secondary N) is 1. The molecule has 2 aromatic heterocycles. The van der Waals surface area contributed by atoms with Gasteiger partial charge in [-0.15, -0.1) is 24.8 Å². The molecule has 0 aliphatic carbocycles. The highest BCUT2D eigenvalue weighted by Crippen LogP contribution is 2.30. The Morgan fingerprint density at radius 2 is 2.00 bits per heavy atom. The minimum atomic E-state index is 0. The van der Waals surface area contributed by atoms with Crippen molar-refractivity contribution in [3.05, 3.63) is 29.9 Å². The monoisotopic (exact) mass is 401 g/mol. The number of rotatable bonds is 4. The minimum Gasteiger partial charge on any atom is -0.459 e. The summed E-state index contributed by atoms with van der Waals surface area (Å²) in [5.41, 5.74) is 0.690. The summed E-state index contributed by atoms with van der Waals surface area (Å²) in [4.78, 5) is 19.0. The van der Waals surface area contributed by atoms with E-state index in [4.69, 9.17) is 8.83 Å². The van der Waals surface area contributed by atoms with Crippen molar-refractivity contribution in [2.45, 2.75) is 57.2 Å². The maximum atomic E-state index is 12.7. The lowest BCUT2D eigenvalue weighted by atomic mass is 9.98. The summed E-state index contributed by atoms with van der Waals surface area (Å²) in [7, 11) is 1.92. The van der Waals surface area contributed by atoms with Crippen LogP contribution < -0.4 is 5.32 Å². The largest absolute Gasteiger partial charge is 0.459 e. The zero-order valence-electron chi connectivity index (χ0n) is 14.9. The Bertz CT molecular complexity index is 720. The van der Waals surface area contributed by atoms with E-state index in [1.165, 1.54) is 12.8 Å². The Balaban J connectivity index is 0.00000121. The van der Waals surface area contributed by atoms with Gasteiger partial charge in [0.2, 0.25) is 5.91 Å². The molecule has 2 unspecified atom stereocenters. The van der Waals surface area contributed by atoms with E-state index in [-0.39, 0.29) is 37.1 Å². The Labute approximate surface area is 165 Å². The number of carbonyl (C=O) groups excluding carboxylic acids is 1. The Hall–Kier alpha value is -1.50. The number of aromatic nitrogens is 1. The molecule has 8 heteroatoms. The van der Waals surface area contributed by atoms with Crippen molar-refractivity contribution in [1.82, 2.24) is 15.2 Å². The molecule has 2 aliphatic heterocycles. The summed E-state index contributed by atoms with van der Waals surface area (Å²) in [6.07, 6.45) is 6.42. The molecule has 2 fully saturated rings. The molecule has 144 valence electrons. The number of fused-ring (bicyclic) bond motifs is 2. The molecule has 0 saturated carbocycles. The second-order valence-electron chi connectivity index (χ2n) is 6.94. The van der Waals surface area contributed by atoms with Crippen LogP contribution >= 0.6 is 24.8 Å². The quantitative estimate of drug-likeness (QED) is 0.849. The minimum absolute atomic E-state index is 0. The van der Waals surface area contributed by atoms with Gasteiger partial charge in [-0.3, -0.25) is 4.79 Å². The highest BCUT2D eigenvalue weighted by Gasteiger charge is 2.36. The molecule has 2 atom stereocenters. The maximum absolute atomic E-state index is 12.7. The number of hydrogen-bond acceptors (Lipinski definition) is 5. The third-order valence-corrected chi connectivity index (χ3v) is 5.33. The first-order chi connectivity index (χ1) is 11.6. The number of piperidine rings is 1. The van der Waals surface area contributed by atoms with E-state index in [2.05, 4.69) is 10.3 Å². The Morgan fingerprint density at radius 1 is 1.31 bits per heavy atom. The van der Waals surface area contributed by atoms with E-state index in [1.54, 1.807) is 18.4 Å². The number of halogens is 2. The molecule has 4 rings (SSSR count). The van der Waals surface area contributed by atoms with Gasteiger partial charge in [-0.1, -0.05) is 0 Å². The number of aryl methyl sites for hydroxylation is 1. The predicted molar refractivity (Wildman–Crippen MR) is 103 cm³/mol. The number of furan rings is 1. The number of carbonyl (C=O) groups is 1. The van der Waals surface area contributed by atoms with Crippen LogP contribution in [0.4, 0.5) is 0 Å². The first-order valence-electron chi connectivity index (χ1n) is 8.62. The van der Waals surface area contributed by atoms with E-state index < -0.39 is 0 Å². The summed E-state index contributed by atoms with van der Waals surface area (Å²) in [5, 5.41) is 3.62. The Morgan fingerprint density at radius 3 is 2.62 bits per heavy atom. The molecule has 0 spiro atoms. The first kappa shape index (κ1) is 20.8. The van der Waals surface area contributed by atoms with Crippen LogP contribution in [0.2, 0.25) is 0 Å². The predicted octanol–water partition coefficient (Wildman–Crippen LogP) is 3.37. The van der Waals surface area contributed by atoms with Gasteiger partial charge in [0.25, 0.3) is 5.89 Å². The van der Waals surface area contributed by atoms with Crippen molar-refractivity contribution in [2.75, 3.05) is 7.05 Å². The number of oxazole rings is 1. The fourth-order valence-corrected chi connectivity index (χ4v) is 3.91. The third-order valence-electron chi connectivity index (χ3n) is 5.33. The molecule has 26 heavy (non-hydrogen) atoms. The lowest BCUT2D eigenvalue weighted by molar-refractivity contribution is -0.132. The van der Waals surface area contributed by atoms with Crippen LogP contribution in [-0.4, -0.2) is 41.0 Å². The fourth-order valence-electron chi connectivity index (χ4n) is 3.91. The van der Waals surface area contributed by atoms with Crippen LogP contribution in [0.5, 0.6) is 0 Å². The molecule has 1 amide bonds. The lowest BCUT2D eigenvalue weighted by Crippen LogP contribution is -2.49. The zero-order valence-corrected chi connectivity index (χ0v) is 16.6. The van der Waals surface area contributed by atoms with Crippen LogP contribution in [0.3, 0.4) is 0 Å². The van der Waals surface area contributed by atoms with Gasteiger partial charge in [0.15, 0.2) is 5.76 Å². The number of hydrogen-bond donors (Lipinski definition) is 1. The van der Waals surface area contributed by atoms with Gasteiger partial charge >= 0.3 is 0 Å². The SMILES string of the molecule is Cc1oc(-c2ccco2)nc1CC(=O)N(C)C1CC2CCC(C1)N2.Cl.Cl. The van der Waals surface area contributed by atoms with Crippen molar-refractivity contribution in [3.63, 3.8) is 0 Å². The van der Waals surface area contributed by atoms with Crippen molar-refractivity contribution in [2.24, 2.45) is 0 Å². The zero-order chi connectivity index (χ0) is 16.7. The van der Waals surface area contributed by atoms with E-state index in [0.29, 0.717) is 41.2 Å². The fraction of sp³-hybridized carbons (Fsp3) is 0.556. The van der Waals surface area contributed by atoms with E-state index in [0.717, 1.165) is 12.8 Å². The van der Waals surface area contributed by atoms with Crippen LogP contribution in [0.15, 0.2) is 27.2 Å².